The third kappa shape index (κ3) is 5.04. The number of nitrogens with one attached hydrogen (secondary N) is 1. The van der Waals surface area contributed by atoms with Gasteiger partial charge in [-0.2, -0.15) is 5.10 Å². The Bertz CT molecular complexity index is 1310. The fourth-order valence-corrected chi connectivity index (χ4v) is 4.86. The Kier molecular flexibility index (Phi) is 6.70. The predicted octanol–water partition coefficient (Wildman–Crippen LogP) is 4.50. The Morgan fingerprint density at radius 3 is 2.67 bits per heavy atom. The minimum atomic E-state index is -0.364. The molecule has 3 aromatic heterocycles. The molecule has 0 aliphatic rings. The highest BCUT2D eigenvalue weighted by Gasteiger charge is 2.17. The second kappa shape index (κ2) is 9.67. The van der Waals surface area contributed by atoms with Crippen molar-refractivity contribution in [3.8, 4) is 0 Å². The zero-order valence-corrected chi connectivity index (χ0v) is 20.2. The third-order valence-corrected chi connectivity index (χ3v) is 6.90. The van der Waals surface area contributed by atoms with Crippen molar-refractivity contribution < 1.29 is 14.3 Å². The molecular weight excluding hydrogens is 460 g/mol. The number of anilines is 1. The van der Waals surface area contributed by atoms with Gasteiger partial charge < -0.3 is 4.74 Å². The number of benzene rings is 1. The Morgan fingerprint density at radius 1 is 1.21 bits per heavy atom. The van der Waals surface area contributed by atoms with Gasteiger partial charge in [0.2, 0.25) is 5.13 Å². The summed E-state index contributed by atoms with van der Waals surface area (Å²) >= 11 is 2.80. The molecule has 0 unspecified atom stereocenters. The lowest BCUT2D eigenvalue weighted by Gasteiger charge is -2.08. The van der Waals surface area contributed by atoms with Gasteiger partial charge >= 0.3 is 5.97 Å². The van der Waals surface area contributed by atoms with Gasteiger partial charge in [0, 0.05) is 17.2 Å². The van der Waals surface area contributed by atoms with Crippen LogP contribution in [0.5, 0.6) is 0 Å². The Labute approximate surface area is 198 Å². The molecule has 4 aromatic rings. The van der Waals surface area contributed by atoms with Crippen molar-refractivity contribution in [3.05, 3.63) is 58.9 Å². The summed E-state index contributed by atoms with van der Waals surface area (Å²) in [6, 6.07) is 9.18. The normalized spacial score (nSPS) is 11.2. The van der Waals surface area contributed by atoms with Gasteiger partial charge in [0.25, 0.3) is 5.91 Å². The number of hydrogen-bond donors (Lipinski definition) is 1. The Hall–Kier alpha value is -3.31. The molecule has 33 heavy (non-hydrogen) atoms. The average molecular weight is 483 g/mol. The molecular formula is C22H22N6O3S2. The molecule has 0 radical (unpaired) electrons. The minimum absolute atomic E-state index is 0.178. The van der Waals surface area contributed by atoms with Crippen molar-refractivity contribution >= 4 is 51.1 Å². The molecule has 4 rings (SSSR count). The van der Waals surface area contributed by atoms with E-state index in [0.717, 1.165) is 20.9 Å². The van der Waals surface area contributed by atoms with E-state index in [1.54, 1.807) is 31.3 Å². The van der Waals surface area contributed by atoms with Crippen molar-refractivity contribution in [2.45, 2.75) is 36.9 Å². The van der Waals surface area contributed by atoms with Crippen LogP contribution in [0.1, 0.15) is 51.9 Å². The molecule has 1 aromatic carbocycles. The van der Waals surface area contributed by atoms with Crippen LogP contribution in [-0.2, 0) is 10.5 Å². The molecule has 9 nitrogen and oxygen atoms in total. The third-order valence-electron chi connectivity index (χ3n) is 4.86. The highest BCUT2D eigenvalue weighted by atomic mass is 32.2. The number of carbonyl (C=O) groups is 2. The SMILES string of the molecule is COC(=O)c1ccc(CSc2nnc(NC(=O)c3cc4cnn(C(C)C)c4nc3C)s2)cc1. The molecule has 0 fully saturated rings. The maximum Gasteiger partial charge on any atom is 0.337 e. The molecule has 0 saturated heterocycles. The highest BCUT2D eigenvalue weighted by molar-refractivity contribution is 8.00. The van der Waals surface area contributed by atoms with Crippen molar-refractivity contribution in [2.24, 2.45) is 0 Å². The predicted molar refractivity (Wildman–Crippen MR) is 128 cm³/mol. The molecule has 0 aliphatic carbocycles. The first-order chi connectivity index (χ1) is 15.9. The number of nitrogens with zero attached hydrogens (tertiary/aromatic N) is 5. The summed E-state index contributed by atoms with van der Waals surface area (Å²) in [5.74, 6) is 0.00571. The van der Waals surface area contributed by atoms with Crippen LogP contribution in [0, 0.1) is 6.92 Å². The van der Waals surface area contributed by atoms with E-state index in [0.29, 0.717) is 27.7 Å². The molecule has 0 bridgehead atoms. The number of ether oxygens (including phenoxy) is 1. The molecule has 1 N–H and O–H groups in total. The second-order valence-electron chi connectivity index (χ2n) is 7.52. The van der Waals surface area contributed by atoms with Gasteiger partial charge in [-0.1, -0.05) is 35.2 Å². The molecule has 3 heterocycles. The second-order valence-corrected chi connectivity index (χ2v) is 9.72. The van der Waals surface area contributed by atoms with Crippen LogP contribution >= 0.6 is 23.1 Å². The molecule has 1 amide bonds. The van der Waals surface area contributed by atoms with E-state index >= 15 is 0 Å². The molecule has 0 atom stereocenters. The number of amides is 1. The highest BCUT2D eigenvalue weighted by Crippen LogP contribution is 2.29. The average Bonchev–Trinajstić information content (AvgIpc) is 3.43. The number of pyridine rings is 1. The van der Waals surface area contributed by atoms with Gasteiger partial charge in [-0.05, 0) is 44.5 Å². The lowest BCUT2D eigenvalue weighted by molar-refractivity contribution is 0.0600. The Morgan fingerprint density at radius 2 is 1.97 bits per heavy atom. The van der Waals surface area contributed by atoms with E-state index in [1.807, 2.05) is 30.7 Å². The van der Waals surface area contributed by atoms with Crippen LogP contribution in [0.15, 0.2) is 40.9 Å². The maximum atomic E-state index is 12.8. The van der Waals surface area contributed by atoms with E-state index in [2.05, 4.69) is 25.6 Å². The number of hydrogen-bond acceptors (Lipinski definition) is 9. The molecule has 0 saturated carbocycles. The quantitative estimate of drug-likeness (QED) is 0.233. The van der Waals surface area contributed by atoms with Crippen LogP contribution in [0.4, 0.5) is 5.13 Å². The van der Waals surface area contributed by atoms with Gasteiger partial charge in [-0.15, -0.1) is 10.2 Å². The smallest absolute Gasteiger partial charge is 0.337 e. The number of carbonyl (C=O) groups excluding carboxylic acids is 2. The molecule has 170 valence electrons. The topological polar surface area (TPSA) is 112 Å². The number of esters is 1. The van der Waals surface area contributed by atoms with Crippen LogP contribution in [-0.4, -0.2) is 43.9 Å². The summed E-state index contributed by atoms with van der Waals surface area (Å²) < 4.78 is 7.27. The van der Waals surface area contributed by atoms with Crippen molar-refractivity contribution in [3.63, 3.8) is 0 Å². The molecule has 11 heteroatoms. The number of thioether (sulfide) groups is 1. The van der Waals surface area contributed by atoms with Gasteiger partial charge in [0.15, 0.2) is 9.99 Å². The lowest BCUT2D eigenvalue weighted by atomic mass is 10.1. The van der Waals surface area contributed by atoms with Crippen LogP contribution in [0.25, 0.3) is 11.0 Å². The first-order valence-electron chi connectivity index (χ1n) is 10.2. The summed E-state index contributed by atoms with van der Waals surface area (Å²) in [5, 5.41) is 16.6. The first kappa shape index (κ1) is 22.9. The summed E-state index contributed by atoms with van der Waals surface area (Å²) in [4.78, 5) is 28.9. The Balaban J connectivity index is 1.40. The lowest BCUT2D eigenvalue weighted by Crippen LogP contribution is -2.14. The summed E-state index contributed by atoms with van der Waals surface area (Å²) in [7, 11) is 1.36. The minimum Gasteiger partial charge on any atom is -0.465 e. The van der Waals surface area contributed by atoms with Crippen molar-refractivity contribution in [1.82, 2.24) is 25.0 Å². The van der Waals surface area contributed by atoms with Crippen LogP contribution < -0.4 is 5.32 Å². The number of aryl methyl sites for hydroxylation is 1. The molecule has 0 spiro atoms. The summed E-state index contributed by atoms with van der Waals surface area (Å²) in [6.07, 6.45) is 1.72. The fourth-order valence-electron chi connectivity index (χ4n) is 3.16. The van der Waals surface area contributed by atoms with E-state index < -0.39 is 0 Å². The van der Waals surface area contributed by atoms with Crippen molar-refractivity contribution in [1.29, 1.82) is 0 Å². The van der Waals surface area contributed by atoms with E-state index in [4.69, 9.17) is 4.74 Å². The van der Waals surface area contributed by atoms with Gasteiger partial charge in [-0.3, -0.25) is 10.1 Å². The van der Waals surface area contributed by atoms with Crippen LogP contribution in [0.3, 0.4) is 0 Å². The monoisotopic (exact) mass is 482 g/mol. The standard InChI is InChI=1S/C22H22N6O3S2/c1-12(2)28-18-16(10-23-28)9-17(13(3)24-18)19(29)25-21-26-27-22(33-21)32-11-14-5-7-15(8-6-14)20(30)31-4/h5-10,12H,11H2,1-4H3,(H,25,26,29). The number of fused-ring (bicyclic) bond motifs is 1. The zero-order valence-electron chi connectivity index (χ0n) is 18.5. The summed E-state index contributed by atoms with van der Waals surface area (Å²) in [6.45, 7) is 5.87. The van der Waals surface area contributed by atoms with Gasteiger partial charge in [-0.25, -0.2) is 14.5 Å². The maximum absolute atomic E-state index is 12.8. The zero-order chi connectivity index (χ0) is 23.5. The van der Waals surface area contributed by atoms with E-state index in [9.17, 15) is 9.59 Å². The van der Waals surface area contributed by atoms with Crippen LogP contribution in [0.2, 0.25) is 0 Å². The first-order valence-corrected chi connectivity index (χ1v) is 12.0. The molecule has 0 aliphatic heterocycles. The van der Waals surface area contributed by atoms with E-state index in [-0.39, 0.29) is 17.9 Å². The summed E-state index contributed by atoms with van der Waals surface area (Å²) in [5.41, 5.74) is 3.39. The van der Waals surface area contributed by atoms with E-state index in [1.165, 1.54) is 30.2 Å². The number of aromatic nitrogens is 5. The number of rotatable bonds is 7. The fraction of sp³-hybridized carbons (Fsp3) is 0.273. The largest absolute Gasteiger partial charge is 0.465 e. The van der Waals surface area contributed by atoms with Gasteiger partial charge in [0.05, 0.1) is 30.1 Å². The van der Waals surface area contributed by atoms with Gasteiger partial charge in [0.1, 0.15) is 0 Å². The van der Waals surface area contributed by atoms with Crippen molar-refractivity contribution in [2.75, 3.05) is 12.4 Å². The number of methoxy groups -OCH3 is 1.